The maximum absolute atomic E-state index is 12.3. The fraction of sp³-hybridized carbons (Fsp3) is 0.269. The van der Waals surface area contributed by atoms with Crippen molar-refractivity contribution in [1.29, 1.82) is 0 Å². The monoisotopic (exact) mass is 489 g/mol. The third-order valence-corrected chi connectivity index (χ3v) is 5.62. The Morgan fingerprint density at radius 2 is 1.75 bits per heavy atom. The number of rotatable bonds is 10. The lowest BCUT2D eigenvalue weighted by molar-refractivity contribution is -0.122. The van der Waals surface area contributed by atoms with E-state index < -0.39 is 11.5 Å². The first-order valence-electron chi connectivity index (χ1n) is 11.6. The Morgan fingerprint density at radius 1 is 1.00 bits per heavy atom. The molecule has 1 fully saturated rings. The molecule has 0 bridgehead atoms. The number of benzene rings is 2. The lowest BCUT2D eigenvalue weighted by Crippen LogP contribution is -2.38. The van der Waals surface area contributed by atoms with Gasteiger partial charge in [0.1, 0.15) is 12.3 Å². The SMILES string of the molecule is COc1cccc(-c2ccc(=O)n(CC(=O)NCCNC(=O)c3ccc(NC(=O)C4CC4)cc3)n2)c1. The number of aromatic nitrogens is 2. The van der Waals surface area contributed by atoms with Gasteiger partial charge >= 0.3 is 0 Å². The fourth-order valence-corrected chi connectivity index (χ4v) is 3.47. The highest BCUT2D eigenvalue weighted by atomic mass is 16.5. The lowest BCUT2D eigenvalue weighted by atomic mass is 10.1. The molecule has 3 amide bonds. The molecule has 10 nitrogen and oxygen atoms in total. The minimum Gasteiger partial charge on any atom is -0.497 e. The Bertz CT molecular complexity index is 1310. The fourth-order valence-electron chi connectivity index (χ4n) is 3.47. The van der Waals surface area contributed by atoms with E-state index in [0.717, 1.165) is 23.1 Å². The van der Waals surface area contributed by atoms with E-state index in [1.807, 2.05) is 12.1 Å². The Morgan fingerprint density at radius 3 is 2.47 bits per heavy atom. The van der Waals surface area contributed by atoms with Gasteiger partial charge in [0.2, 0.25) is 11.8 Å². The van der Waals surface area contributed by atoms with Gasteiger partial charge in [-0.2, -0.15) is 5.10 Å². The van der Waals surface area contributed by atoms with E-state index in [-0.39, 0.29) is 37.4 Å². The minimum absolute atomic E-state index is 0.00688. The van der Waals surface area contributed by atoms with Gasteiger partial charge in [-0.25, -0.2) is 4.68 Å². The molecule has 0 aliphatic heterocycles. The van der Waals surface area contributed by atoms with Crippen LogP contribution in [0.2, 0.25) is 0 Å². The molecule has 3 N–H and O–H groups in total. The van der Waals surface area contributed by atoms with Crippen molar-refractivity contribution in [3.63, 3.8) is 0 Å². The minimum atomic E-state index is -0.405. The number of nitrogens with zero attached hydrogens (tertiary/aromatic N) is 2. The van der Waals surface area contributed by atoms with Crippen molar-refractivity contribution in [3.05, 3.63) is 76.6 Å². The molecular formula is C26H27N5O5. The van der Waals surface area contributed by atoms with Crippen LogP contribution in [0.4, 0.5) is 5.69 Å². The largest absolute Gasteiger partial charge is 0.497 e. The topological polar surface area (TPSA) is 131 Å². The maximum atomic E-state index is 12.3. The van der Waals surface area contributed by atoms with Crippen LogP contribution in [0.15, 0.2) is 65.5 Å². The molecule has 1 aromatic heterocycles. The highest BCUT2D eigenvalue weighted by Crippen LogP contribution is 2.30. The van der Waals surface area contributed by atoms with Crippen LogP contribution in [-0.4, -0.2) is 47.7 Å². The Labute approximate surface area is 207 Å². The predicted octanol–water partition coefficient (Wildman–Crippen LogP) is 1.81. The molecule has 3 aromatic rings. The van der Waals surface area contributed by atoms with E-state index in [4.69, 9.17) is 4.74 Å². The van der Waals surface area contributed by atoms with Gasteiger partial charge in [-0.1, -0.05) is 12.1 Å². The van der Waals surface area contributed by atoms with E-state index in [1.165, 1.54) is 6.07 Å². The highest BCUT2D eigenvalue weighted by molar-refractivity contribution is 5.96. The Balaban J connectivity index is 1.23. The van der Waals surface area contributed by atoms with Crippen LogP contribution in [-0.2, 0) is 16.1 Å². The summed E-state index contributed by atoms with van der Waals surface area (Å²) in [5.74, 6) is 0.0654. The van der Waals surface area contributed by atoms with Crippen molar-refractivity contribution in [2.75, 3.05) is 25.5 Å². The number of anilines is 1. The first-order chi connectivity index (χ1) is 17.4. The molecule has 0 radical (unpaired) electrons. The summed E-state index contributed by atoms with van der Waals surface area (Å²) in [4.78, 5) is 48.6. The van der Waals surface area contributed by atoms with Gasteiger partial charge in [-0.05, 0) is 55.3 Å². The summed E-state index contributed by atoms with van der Waals surface area (Å²) >= 11 is 0. The summed E-state index contributed by atoms with van der Waals surface area (Å²) in [6.07, 6.45) is 1.84. The van der Waals surface area contributed by atoms with Gasteiger partial charge in [0.25, 0.3) is 11.5 Å². The molecule has 10 heteroatoms. The number of ether oxygens (including phenoxy) is 1. The van der Waals surface area contributed by atoms with Crippen LogP contribution in [0.5, 0.6) is 5.75 Å². The number of carbonyl (C=O) groups excluding carboxylic acids is 3. The van der Waals surface area contributed by atoms with Crippen LogP contribution in [0.3, 0.4) is 0 Å². The summed E-state index contributed by atoms with van der Waals surface area (Å²) in [5.41, 5.74) is 1.98. The van der Waals surface area contributed by atoms with Crippen molar-refractivity contribution >= 4 is 23.4 Å². The molecule has 0 atom stereocenters. The summed E-state index contributed by atoms with van der Waals surface area (Å²) in [6, 6.07) is 16.8. The summed E-state index contributed by atoms with van der Waals surface area (Å²) in [6.45, 7) is 0.139. The van der Waals surface area contributed by atoms with E-state index in [2.05, 4.69) is 21.0 Å². The first kappa shape index (κ1) is 24.6. The normalized spacial score (nSPS) is 12.5. The van der Waals surface area contributed by atoms with Crippen LogP contribution in [0, 0.1) is 5.92 Å². The van der Waals surface area contributed by atoms with Crippen LogP contribution >= 0.6 is 0 Å². The molecule has 1 heterocycles. The third kappa shape index (κ3) is 6.56. The summed E-state index contributed by atoms with van der Waals surface area (Å²) in [7, 11) is 1.56. The Hall–Kier alpha value is -4.47. The van der Waals surface area contributed by atoms with Gasteiger partial charge in [0.05, 0.1) is 12.8 Å². The van der Waals surface area contributed by atoms with Gasteiger partial charge in [0.15, 0.2) is 0 Å². The third-order valence-electron chi connectivity index (χ3n) is 5.62. The second-order valence-corrected chi connectivity index (χ2v) is 8.39. The second kappa shape index (κ2) is 11.3. The highest BCUT2D eigenvalue weighted by Gasteiger charge is 2.29. The quantitative estimate of drug-likeness (QED) is 0.372. The molecule has 2 aromatic carbocycles. The molecular weight excluding hydrogens is 462 g/mol. The average Bonchev–Trinajstić information content (AvgIpc) is 3.74. The molecule has 186 valence electrons. The summed E-state index contributed by atoms with van der Waals surface area (Å²) < 4.78 is 6.31. The molecule has 1 aliphatic carbocycles. The molecule has 1 aliphatic rings. The number of nitrogens with one attached hydrogen (secondary N) is 3. The molecule has 4 rings (SSSR count). The van der Waals surface area contributed by atoms with Crippen molar-refractivity contribution in [3.8, 4) is 17.0 Å². The lowest BCUT2D eigenvalue weighted by Gasteiger charge is -2.10. The van der Waals surface area contributed by atoms with Gasteiger partial charge < -0.3 is 20.7 Å². The zero-order valence-corrected chi connectivity index (χ0v) is 19.8. The van der Waals surface area contributed by atoms with Crippen molar-refractivity contribution in [2.45, 2.75) is 19.4 Å². The van der Waals surface area contributed by atoms with Crippen molar-refractivity contribution in [2.24, 2.45) is 5.92 Å². The van der Waals surface area contributed by atoms with Gasteiger partial charge in [0, 0.05) is 41.9 Å². The number of hydrogen-bond donors (Lipinski definition) is 3. The number of amides is 3. The molecule has 0 unspecified atom stereocenters. The van der Waals surface area contributed by atoms with Crippen LogP contribution < -0.4 is 26.2 Å². The molecule has 0 saturated heterocycles. The van der Waals surface area contributed by atoms with Crippen molar-refractivity contribution in [1.82, 2.24) is 20.4 Å². The molecule has 0 spiro atoms. The standard InChI is InChI=1S/C26H27N5O5/c1-36-21-4-2-3-19(15-21)22-11-12-24(33)31(30-22)16-23(32)27-13-14-28-25(34)17-7-9-20(10-8-17)29-26(35)18-5-6-18/h2-4,7-12,15,18H,5-6,13-14,16H2,1H3,(H,27,32)(H,28,34)(H,29,35). The average molecular weight is 490 g/mol. The summed E-state index contributed by atoms with van der Waals surface area (Å²) in [5, 5.41) is 12.5. The van der Waals surface area contributed by atoms with E-state index >= 15 is 0 Å². The molecule has 36 heavy (non-hydrogen) atoms. The number of hydrogen-bond acceptors (Lipinski definition) is 6. The van der Waals surface area contributed by atoms with Crippen LogP contribution in [0.1, 0.15) is 23.2 Å². The van der Waals surface area contributed by atoms with Crippen molar-refractivity contribution < 1.29 is 19.1 Å². The number of carbonyl (C=O) groups is 3. The first-order valence-corrected chi connectivity index (χ1v) is 11.6. The maximum Gasteiger partial charge on any atom is 0.267 e. The van der Waals surface area contributed by atoms with E-state index in [9.17, 15) is 19.2 Å². The van der Waals surface area contributed by atoms with Crippen LogP contribution in [0.25, 0.3) is 11.3 Å². The number of methoxy groups -OCH3 is 1. The Kier molecular flexibility index (Phi) is 7.74. The van der Waals surface area contributed by atoms with Gasteiger partial charge in [-0.3, -0.25) is 19.2 Å². The van der Waals surface area contributed by atoms with E-state index in [1.54, 1.807) is 49.6 Å². The molecule has 1 saturated carbocycles. The second-order valence-electron chi connectivity index (χ2n) is 8.39. The predicted molar refractivity (Wildman–Crippen MR) is 134 cm³/mol. The van der Waals surface area contributed by atoms with E-state index in [0.29, 0.717) is 22.7 Å². The zero-order chi connectivity index (χ0) is 25.5. The van der Waals surface area contributed by atoms with Gasteiger partial charge in [-0.15, -0.1) is 0 Å². The zero-order valence-electron chi connectivity index (χ0n) is 19.8. The smallest absolute Gasteiger partial charge is 0.267 e.